The maximum absolute atomic E-state index is 13.4. The van der Waals surface area contributed by atoms with Gasteiger partial charge in [0.25, 0.3) is 5.91 Å². The molecular formula is C32H38N2O5S. The van der Waals surface area contributed by atoms with E-state index in [-0.39, 0.29) is 18.1 Å². The van der Waals surface area contributed by atoms with Crippen LogP contribution < -0.4 is 10.1 Å². The Balaban J connectivity index is 1.59. The van der Waals surface area contributed by atoms with E-state index in [0.29, 0.717) is 30.9 Å². The molecule has 3 atom stereocenters. The van der Waals surface area contributed by atoms with Gasteiger partial charge in [-0.1, -0.05) is 48.5 Å². The van der Waals surface area contributed by atoms with Crippen LogP contribution in [-0.2, 0) is 16.1 Å². The Morgan fingerprint density at radius 2 is 1.82 bits per heavy atom. The summed E-state index contributed by atoms with van der Waals surface area (Å²) < 4.78 is 11.8. The van der Waals surface area contributed by atoms with Gasteiger partial charge in [-0.15, -0.1) is 0 Å². The number of likely N-dealkylation sites (tertiary alicyclic amines) is 1. The molecule has 212 valence electrons. The number of carbonyl (C=O) groups is 2. The molecule has 1 aliphatic rings. The van der Waals surface area contributed by atoms with E-state index in [1.54, 1.807) is 18.9 Å². The highest BCUT2D eigenvalue weighted by molar-refractivity contribution is 7.98. The SMILES string of the molecule is COC1CC(COc2ccccc2)N(Cc2ccc(C(=O)NC(CCSC)C(=O)O)c(-c3ccccc3C)c2)C1. The number of carboxylic acid groups (broad SMARTS) is 1. The van der Waals surface area contributed by atoms with Crippen molar-refractivity contribution in [2.45, 2.75) is 44.5 Å². The van der Waals surface area contributed by atoms with Gasteiger partial charge < -0.3 is 19.9 Å². The fourth-order valence-electron chi connectivity index (χ4n) is 5.13. The Morgan fingerprint density at radius 1 is 1.07 bits per heavy atom. The molecule has 7 nitrogen and oxygen atoms in total. The van der Waals surface area contributed by atoms with Gasteiger partial charge in [0, 0.05) is 31.8 Å². The highest BCUT2D eigenvalue weighted by Gasteiger charge is 2.33. The van der Waals surface area contributed by atoms with Crippen molar-refractivity contribution in [3.8, 4) is 16.9 Å². The number of amides is 1. The second-order valence-corrected chi connectivity index (χ2v) is 11.1. The molecule has 0 aromatic heterocycles. The quantitative estimate of drug-likeness (QED) is 0.294. The lowest BCUT2D eigenvalue weighted by atomic mass is 9.93. The highest BCUT2D eigenvalue weighted by atomic mass is 32.2. The van der Waals surface area contributed by atoms with Crippen molar-refractivity contribution in [3.63, 3.8) is 0 Å². The van der Waals surface area contributed by atoms with E-state index >= 15 is 0 Å². The topological polar surface area (TPSA) is 88.1 Å². The number of carbonyl (C=O) groups excluding carboxylic acids is 1. The van der Waals surface area contributed by atoms with Crippen LogP contribution in [0.3, 0.4) is 0 Å². The second-order valence-electron chi connectivity index (χ2n) is 10.1. The number of nitrogens with one attached hydrogen (secondary N) is 1. The summed E-state index contributed by atoms with van der Waals surface area (Å²) in [5.74, 6) is 0.0848. The Morgan fingerprint density at radius 3 is 2.52 bits per heavy atom. The maximum atomic E-state index is 13.4. The summed E-state index contributed by atoms with van der Waals surface area (Å²) in [6.07, 6.45) is 3.28. The molecule has 4 rings (SSSR count). The number of benzene rings is 3. The van der Waals surface area contributed by atoms with Crippen molar-refractivity contribution >= 4 is 23.6 Å². The zero-order valence-electron chi connectivity index (χ0n) is 23.3. The number of hydrogen-bond donors (Lipinski definition) is 2. The van der Waals surface area contributed by atoms with E-state index in [1.165, 1.54) is 0 Å². The van der Waals surface area contributed by atoms with Crippen molar-refractivity contribution in [1.82, 2.24) is 10.2 Å². The van der Waals surface area contributed by atoms with Gasteiger partial charge in [0.2, 0.25) is 0 Å². The van der Waals surface area contributed by atoms with E-state index in [2.05, 4.69) is 16.3 Å². The Kier molecular flexibility index (Phi) is 10.6. The minimum absolute atomic E-state index is 0.125. The number of aryl methyl sites for hydroxylation is 1. The smallest absolute Gasteiger partial charge is 0.326 e. The monoisotopic (exact) mass is 562 g/mol. The third kappa shape index (κ3) is 7.65. The number of ether oxygens (including phenoxy) is 2. The predicted molar refractivity (Wildman–Crippen MR) is 160 cm³/mol. The van der Waals surface area contributed by atoms with Gasteiger partial charge in [0.1, 0.15) is 18.4 Å². The first-order valence-electron chi connectivity index (χ1n) is 13.6. The van der Waals surface area contributed by atoms with Gasteiger partial charge >= 0.3 is 5.97 Å². The number of hydrogen-bond acceptors (Lipinski definition) is 6. The van der Waals surface area contributed by atoms with Crippen LogP contribution in [0.15, 0.2) is 72.8 Å². The Labute approximate surface area is 240 Å². The van der Waals surface area contributed by atoms with E-state index in [4.69, 9.17) is 9.47 Å². The van der Waals surface area contributed by atoms with Crippen molar-refractivity contribution in [2.75, 3.05) is 32.3 Å². The van der Waals surface area contributed by atoms with Crippen LogP contribution in [0.1, 0.15) is 34.3 Å². The number of rotatable bonds is 13. The standard InChI is InChI=1S/C32H38N2O5S/c1-22-9-7-8-12-27(22)29-17-23(13-14-28(29)31(35)33-30(32(36)37)15-16-40-3)19-34-20-26(38-2)18-24(34)21-39-25-10-5-4-6-11-25/h4-14,17,24,26,30H,15-16,18-21H2,1-3H3,(H,33,35)(H,36,37). The molecule has 3 aromatic rings. The van der Waals surface area contributed by atoms with Crippen molar-refractivity contribution in [1.29, 1.82) is 0 Å². The van der Waals surface area contributed by atoms with Crippen LogP contribution in [0.4, 0.5) is 0 Å². The highest BCUT2D eigenvalue weighted by Crippen LogP contribution is 2.30. The molecule has 0 bridgehead atoms. The van der Waals surface area contributed by atoms with Crippen LogP contribution in [0.25, 0.3) is 11.1 Å². The van der Waals surface area contributed by atoms with Crippen molar-refractivity contribution in [2.24, 2.45) is 0 Å². The molecule has 0 saturated carbocycles. The largest absolute Gasteiger partial charge is 0.492 e. The normalized spacial score (nSPS) is 17.9. The van der Waals surface area contributed by atoms with E-state index in [0.717, 1.165) is 41.0 Å². The molecule has 1 amide bonds. The molecule has 1 heterocycles. The molecule has 0 spiro atoms. The van der Waals surface area contributed by atoms with Crippen LogP contribution in [-0.4, -0.2) is 72.3 Å². The minimum Gasteiger partial charge on any atom is -0.492 e. The van der Waals surface area contributed by atoms with Gasteiger partial charge in [-0.05, 0) is 78.3 Å². The molecule has 0 radical (unpaired) electrons. The van der Waals surface area contributed by atoms with Gasteiger partial charge in [0.15, 0.2) is 0 Å². The number of aliphatic carboxylic acids is 1. The summed E-state index contributed by atoms with van der Waals surface area (Å²) >= 11 is 1.56. The molecule has 40 heavy (non-hydrogen) atoms. The Hall–Kier alpha value is -3.33. The van der Waals surface area contributed by atoms with E-state index in [9.17, 15) is 14.7 Å². The van der Waals surface area contributed by atoms with E-state index in [1.807, 2.05) is 79.9 Å². The molecule has 8 heteroatoms. The average Bonchev–Trinajstić information content (AvgIpc) is 3.36. The van der Waals surface area contributed by atoms with Crippen LogP contribution >= 0.6 is 11.8 Å². The zero-order chi connectivity index (χ0) is 28.5. The first-order valence-corrected chi connectivity index (χ1v) is 14.9. The molecule has 3 aromatic carbocycles. The first kappa shape index (κ1) is 29.6. The average molecular weight is 563 g/mol. The van der Waals surface area contributed by atoms with Crippen molar-refractivity contribution in [3.05, 3.63) is 89.5 Å². The summed E-state index contributed by atoms with van der Waals surface area (Å²) in [6.45, 7) is 4.04. The summed E-state index contributed by atoms with van der Waals surface area (Å²) in [6, 6.07) is 22.8. The summed E-state index contributed by atoms with van der Waals surface area (Å²) in [7, 11) is 1.75. The van der Waals surface area contributed by atoms with Crippen molar-refractivity contribution < 1.29 is 24.2 Å². The minimum atomic E-state index is -1.03. The van der Waals surface area contributed by atoms with Gasteiger partial charge in [-0.2, -0.15) is 11.8 Å². The number of para-hydroxylation sites is 1. The fourth-order valence-corrected chi connectivity index (χ4v) is 5.61. The van der Waals surface area contributed by atoms with E-state index < -0.39 is 12.0 Å². The lowest BCUT2D eigenvalue weighted by molar-refractivity contribution is -0.139. The lowest BCUT2D eigenvalue weighted by Crippen LogP contribution is -2.41. The van der Waals surface area contributed by atoms with Crippen LogP contribution in [0, 0.1) is 6.92 Å². The molecule has 3 unspecified atom stereocenters. The third-order valence-corrected chi connectivity index (χ3v) is 8.02. The molecular weight excluding hydrogens is 524 g/mol. The molecule has 1 saturated heterocycles. The second kappa shape index (κ2) is 14.3. The van der Waals surface area contributed by atoms with Gasteiger partial charge in [-0.3, -0.25) is 9.69 Å². The summed E-state index contributed by atoms with van der Waals surface area (Å²) in [5, 5.41) is 12.4. The number of thioether (sulfide) groups is 1. The predicted octanol–water partition coefficient (Wildman–Crippen LogP) is 5.27. The Bertz CT molecular complexity index is 1290. The number of nitrogens with zero attached hydrogens (tertiary/aromatic N) is 1. The van der Waals surface area contributed by atoms with Gasteiger partial charge in [-0.25, -0.2) is 4.79 Å². The molecule has 0 aliphatic carbocycles. The number of methoxy groups -OCH3 is 1. The fraction of sp³-hybridized carbons (Fsp3) is 0.375. The third-order valence-electron chi connectivity index (χ3n) is 7.37. The summed E-state index contributed by atoms with van der Waals surface area (Å²) in [5.41, 5.74) is 4.31. The first-order chi connectivity index (χ1) is 19.4. The molecule has 2 N–H and O–H groups in total. The summed E-state index contributed by atoms with van der Waals surface area (Å²) in [4.78, 5) is 27.6. The van der Waals surface area contributed by atoms with Crippen LogP contribution in [0.5, 0.6) is 5.75 Å². The van der Waals surface area contributed by atoms with Crippen LogP contribution in [0.2, 0.25) is 0 Å². The number of carboxylic acids is 1. The maximum Gasteiger partial charge on any atom is 0.326 e. The molecule has 1 fully saturated rings. The lowest BCUT2D eigenvalue weighted by Gasteiger charge is -2.25. The van der Waals surface area contributed by atoms with Gasteiger partial charge in [0.05, 0.1) is 6.10 Å². The zero-order valence-corrected chi connectivity index (χ0v) is 24.2. The molecule has 1 aliphatic heterocycles.